The third kappa shape index (κ3) is 3.75. The van der Waals surface area contributed by atoms with Gasteiger partial charge in [0.2, 0.25) is 0 Å². The van der Waals surface area contributed by atoms with Crippen LogP contribution in [0.3, 0.4) is 0 Å². The lowest BCUT2D eigenvalue weighted by Gasteiger charge is -2.26. The zero-order chi connectivity index (χ0) is 15.2. The Balaban J connectivity index is 1.52. The third-order valence-corrected chi connectivity index (χ3v) is 3.77. The Morgan fingerprint density at radius 1 is 1.14 bits per heavy atom. The van der Waals surface area contributed by atoms with Gasteiger partial charge in [0.05, 0.1) is 18.9 Å². The zero-order valence-corrected chi connectivity index (χ0v) is 12.5. The molecule has 0 unspecified atom stereocenters. The van der Waals surface area contributed by atoms with Gasteiger partial charge in [-0.3, -0.25) is 10.2 Å². The first-order chi connectivity index (χ1) is 10.8. The van der Waals surface area contributed by atoms with E-state index in [1.807, 2.05) is 42.5 Å². The maximum absolute atomic E-state index is 11.9. The minimum Gasteiger partial charge on any atom is -0.448 e. The molecular formula is C17H20N2O3. The van der Waals surface area contributed by atoms with E-state index in [0.29, 0.717) is 6.61 Å². The zero-order valence-electron chi connectivity index (χ0n) is 12.5. The van der Waals surface area contributed by atoms with Crippen molar-refractivity contribution in [1.82, 2.24) is 4.90 Å². The molecule has 0 atom stereocenters. The Hall–Kier alpha value is -2.11. The van der Waals surface area contributed by atoms with Crippen LogP contribution in [-0.2, 0) is 9.47 Å². The predicted octanol–water partition coefficient (Wildman–Crippen LogP) is 2.72. The van der Waals surface area contributed by atoms with Crippen LogP contribution >= 0.6 is 0 Å². The number of hydrogen-bond acceptors (Lipinski definition) is 4. The molecule has 0 bridgehead atoms. The van der Waals surface area contributed by atoms with E-state index in [1.165, 1.54) is 0 Å². The molecule has 1 N–H and O–H groups in total. The second-order valence-electron chi connectivity index (χ2n) is 5.24. The van der Waals surface area contributed by atoms with E-state index in [1.54, 1.807) is 0 Å². The van der Waals surface area contributed by atoms with Gasteiger partial charge in [-0.05, 0) is 11.5 Å². The lowest BCUT2D eigenvalue weighted by atomic mass is 10.1. The van der Waals surface area contributed by atoms with Crippen LogP contribution in [0, 0.1) is 0 Å². The van der Waals surface area contributed by atoms with Crippen molar-refractivity contribution in [2.45, 2.75) is 0 Å². The van der Waals surface area contributed by atoms with Crippen LogP contribution in [0.15, 0.2) is 42.5 Å². The highest BCUT2D eigenvalue weighted by atomic mass is 16.5. The van der Waals surface area contributed by atoms with E-state index in [9.17, 15) is 4.79 Å². The molecule has 0 radical (unpaired) electrons. The summed E-state index contributed by atoms with van der Waals surface area (Å²) in [6.45, 7) is 4.43. The Labute approximate surface area is 129 Å². The average molecular weight is 300 g/mol. The fourth-order valence-corrected chi connectivity index (χ4v) is 2.57. The second-order valence-corrected chi connectivity index (χ2v) is 5.24. The van der Waals surface area contributed by atoms with Gasteiger partial charge in [-0.15, -0.1) is 0 Å². The van der Waals surface area contributed by atoms with Crippen LogP contribution in [0.2, 0.25) is 0 Å². The van der Waals surface area contributed by atoms with Crippen molar-refractivity contribution in [2.24, 2.45) is 0 Å². The monoisotopic (exact) mass is 300 g/mol. The van der Waals surface area contributed by atoms with Gasteiger partial charge >= 0.3 is 6.09 Å². The average Bonchev–Trinajstić information content (AvgIpc) is 2.56. The van der Waals surface area contributed by atoms with E-state index >= 15 is 0 Å². The normalized spacial score (nSPS) is 15.6. The lowest BCUT2D eigenvalue weighted by molar-refractivity contribution is 0.0290. The quantitative estimate of drug-likeness (QED) is 0.943. The number of amides is 1. The summed E-state index contributed by atoms with van der Waals surface area (Å²) in [6, 6.07) is 13.8. The Bertz CT molecular complexity index is 633. The summed E-state index contributed by atoms with van der Waals surface area (Å²) in [6.07, 6.45) is -0.412. The maximum Gasteiger partial charge on any atom is 0.411 e. The van der Waals surface area contributed by atoms with Gasteiger partial charge in [-0.25, -0.2) is 4.79 Å². The Kier molecular flexibility index (Phi) is 4.88. The fourth-order valence-electron chi connectivity index (χ4n) is 2.57. The first kappa shape index (κ1) is 14.8. The number of nitrogens with zero attached hydrogens (tertiary/aromatic N) is 1. The fraction of sp³-hybridized carbons (Fsp3) is 0.353. The van der Waals surface area contributed by atoms with Crippen molar-refractivity contribution in [3.05, 3.63) is 42.5 Å². The largest absolute Gasteiger partial charge is 0.448 e. The van der Waals surface area contributed by atoms with E-state index in [2.05, 4.69) is 10.2 Å². The number of nitrogens with one attached hydrogen (secondary N) is 1. The van der Waals surface area contributed by atoms with Crippen molar-refractivity contribution >= 4 is 22.6 Å². The number of rotatable bonds is 4. The summed E-state index contributed by atoms with van der Waals surface area (Å²) in [5.74, 6) is 0. The van der Waals surface area contributed by atoms with Crippen molar-refractivity contribution in [1.29, 1.82) is 0 Å². The van der Waals surface area contributed by atoms with E-state index < -0.39 is 6.09 Å². The molecule has 0 aromatic heterocycles. The Morgan fingerprint density at radius 3 is 2.77 bits per heavy atom. The highest BCUT2D eigenvalue weighted by Crippen LogP contribution is 2.22. The molecule has 1 aliphatic rings. The number of anilines is 1. The van der Waals surface area contributed by atoms with Crippen LogP contribution in [0.5, 0.6) is 0 Å². The molecule has 2 aromatic rings. The van der Waals surface area contributed by atoms with Crippen LogP contribution < -0.4 is 5.32 Å². The molecule has 22 heavy (non-hydrogen) atoms. The van der Waals surface area contributed by atoms with Crippen LogP contribution in [-0.4, -0.2) is 50.4 Å². The summed E-state index contributed by atoms with van der Waals surface area (Å²) in [4.78, 5) is 14.2. The van der Waals surface area contributed by atoms with Crippen LogP contribution in [0.1, 0.15) is 0 Å². The number of benzene rings is 2. The summed E-state index contributed by atoms with van der Waals surface area (Å²) in [7, 11) is 0. The Morgan fingerprint density at radius 2 is 1.91 bits per heavy atom. The molecule has 3 rings (SSSR count). The van der Waals surface area contributed by atoms with Crippen molar-refractivity contribution < 1.29 is 14.3 Å². The lowest BCUT2D eigenvalue weighted by Crippen LogP contribution is -2.38. The van der Waals surface area contributed by atoms with Crippen molar-refractivity contribution in [3.63, 3.8) is 0 Å². The molecule has 1 fully saturated rings. The topological polar surface area (TPSA) is 50.8 Å². The molecule has 0 spiro atoms. The molecule has 5 nitrogen and oxygen atoms in total. The van der Waals surface area contributed by atoms with Crippen molar-refractivity contribution in [2.75, 3.05) is 44.8 Å². The molecule has 1 heterocycles. The minimum atomic E-state index is -0.412. The molecule has 116 valence electrons. The minimum absolute atomic E-state index is 0.386. The first-order valence-corrected chi connectivity index (χ1v) is 7.54. The number of hydrogen-bond donors (Lipinski definition) is 1. The highest BCUT2D eigenvalue weighted by molar-refractivity contribution is 6.00. The number of fused-ring (bicyclic) bond motifs is 1. The van der Waals surface area contributed by atoms with Gasteiger partial charge in [0.1, 0.15) is 6.61 Å². The van der Waals surface area contributed by atoms with Gasteiger partial charge in [0.15, 0.2) is 0 Å². The second kappa shape index (κ2) is 7.24. The van der Waals surface area contributed by atoms with Gasteiger partial charge < -0.3 is 9.47 Å². The molecule has 0 saturated carbocycles. The molecular weight excluding hydrogens is 280 g/mol. The maximum atomic E-state index is 11.9. The first-order valence-electron chi connectivity index (χ1n) is 7.54. The molecule has 1 aliphatic heterocycles. The number of ether oxygens (including phenoxy) is 2. The summed E-state index contributed by atoms with van der Waals surface area (Å²) in [5, 5.41) is 4.92. The predicted molar refractivity (Wildman–Crippen MR) is 86.2 cm³/mol. The van der Waals surface area contributed by atoms with Gasteiger partial charge in [0.25, 0.3) is 0 Å². The standard InChI is InChI=1S/C17H20N2O3/c20-17(22-13-10-19-8-11-21-12-9-19)18-16-7-3-5-14-4-1-2-6-15(14)16/h1-7H,8-13H2,(H,18,20). The molecule has 1 saturated heterocycles. The highest BCUT2D eigenvalue weighted by Gasteiger charge is 2.11. The molecule has 0 aliphatic carbocycles. The summed E-state index contributed by atoms with van der Waals surface area (Å²) >= 11 is 0. The van der Waals surface area contributed by atoms with E-state index in [4.69, 9.17) is 9.47 Å². The molecule has 1 amide bonds. The summed E-state index contributed by atoms with van der Waals surface area (Å²) in [5.41, 5.74) is 0.773. The number of morpholine rings is 1. The van der Waals surface area contributed by atoms with Gasteiger partial charge in [-0.1, -0.05) is 36.4 Å². The number of carbonyl (C=O) groups excluding carboxylic acids is 1. The van der Waals surface area contributed by atoms with Crippen LogP contribution in [0.25, 0.3) is 10.8 Å². The summed E-state index contributed by atoms with van der Waals surface area (Å²) < 4.78 is 10.6. The van der Waals surface area contributed by atoms with Crippen molar-refractivity contribution in [3.8, 4) is 0 Å². The molecule has 5 heteroatoms. The smallest absolute Gasteiger partial charge is 0.411 e. The SMILES string of the molecule is O=C(Nc1cccc2ccccc12)OCCN1CCOCC1. The van der Waals surface area contributed by atoms with E-state index in [0.717, 1.165) is 49.3 Å². The number of carbonyl (C=O) groups is 1. The van der Waals surface area contributed by atoms with Gasteiger partial charge in [-0.2, -0.15) is 0 Å². The third-order valence-electron chi connectivity index (χ3n) is 3.77. The van der Waals surface area contributed by atoms with Gasteiger partial charge in [0, 0.05) is 25.0 Å². The van der Waals surface area contributed by atoms with Crippen LogP contribution in [0.4, 0.5) is 10.5 Å². The van der Waals surface area contributed by atoms with E-state index in [-0.39, 0.29) is 0 Å². The molecule has 2 aromatic carbocycles.